The van der Waals surface area contributed by atoms with Crippen LogP contribution < -0.4 is 5.56 Å². The molecular weight excluding hydrogens is 473 g/mol. The van der Waals surface area contributed by atoms with E-state index in [0.717, 1.165) is 24.6 Å². The molecule has 1 N–H and O–H groups in total. The van der Waals surface area contributed by atoms with Crippen LogP contribution in [0.5, 0.6) is 5.88 Å². The SMILES string of the molecule is CCCCc1nc(O)c(C(=O)N2CCC(c3ccc(F)cn3)C2)c(=O)n1C(CC)c1cccc(C#N)c1. The lowest BCUT2D eigenvalue weighted by molar-refractivity contribution is 0.0783. The third-order valence-electron chi connectivity index (χ3n) is 6.88. The maximum Gasteiger partial charge on any atom is 0.270 e. The number of nitriles is 1. The van der Waals surface area contributed by atoms with Crippen LogP contribution in [0.2, 0.25) is 0 Å². The molecule has 0 aliphatic carbocycles. The molecule has 37 heavy (non-hydrogen) atoms. The number of likely N-dealkylation sites (tertiary alicyclic amines) is 1. The summed E-state index contributed by atoms with van der Waals surface area (Å²) >= 11 is 0. The van der Waals surface area contributed by atoms with Gasteiger partial charge < -0.3 is 10.0 Å². The molecule has 0 saturated carbocycles. The highest BCUT2D eigenvalue weighted by Crippen LogP contribution is 2.29. The summed E-state index contributed by atoms with van der Waals surface area (Å²) in [5.41, 5.74) is 0.953. The Kier molecular flexibility index (Phi) is 7.97. The molecule has 2 unspecified atom stereocenters. The Hall–Kier alpha value is -4.06. The number of pyridine rings is 1. The van der Waals surface area contributed by atoms with E-state index in [1.54, 1.807) is 24.3 Å². The molecule has 1 aliphatic heterocycles. The molecule has 192 valence electrons. The predicted molar refractivity (Wildman–Crippen MR) is 136 cm³/mol. The topological polar surface area (TPSA) is 112 Å². The fraction of sp³-hybridized carbons (Fsp3) is 0.393. The van der Waals surface area contributed by atoms with Crippen LogP contribution in [0.15, 0.2) is 47.4 Å². The van der Waals surface area contributed by atoms with E-state index in [1.165, 1.54) is 15.5 Å². The molecule has 8 nitrogen and oxygen atoms in total. The number of rotatable bonds is 8. The van der Waals surface area contributed by atoms with Crippen molar-refractivity contribution in [3.63, 3.8) is 0 Å². The summed E-state index contributed by atoms with van der Waals surface area (Å²) in [6.07, 6.45) is 4.37. The highest BCUT2D eigenvalue weighted by molar-refractivity contribution is 5.96. The van der Waals surface area contributed by atoms with E-state index in [9.17, 15) is 24.3 Å². The summed E-state index contributed by atoms with van der Waals surface area (Å²) < 4.78 is 14.8. The van der Waals surface area contributed by atoms with Gasteiger partial charge in [0.2, 0.25) is 5.88 Å². The monoisotopic (exact) mass is 503 g/mol. The molecule has 1 amide bonds. The molecule has 1 aromatic carbocycles. The molecule has 2 atom stereocenters. The largest absolute Gasteiger partial charge is 0.493 e. The lowest BCUT2D eigenvalue weighted by atomic mass is 10.0. The summed E-state index contributed by atoms with van der Waals surface area (Å²) in [5, 5.41) is 20.1. The lowest BCUT2D eigenvalue weighted by Crippen LogP contribution is -2.38. The number of nitrogens with zero attached hydrogens (tertiary/aromatic N) is 5. The van der Waals surface area contributed by atoms with Gasteiger partial charge in [-0.3, -0.25) is 19.1 Å². The van der Waals surface area contributed by atoms with Crippen molar-refractivity contribution in [2.45, 2.75) is 57.9 Å². The van der Waals surface area contributed by atoms with Crippen molar-refractivity contribution < 1.29 is 14.3 Å². The summed E-state index contributed by atoms with van der Waals surface area (Å²) in [6.45, 7) is 4.62. The molecule has 9 heteroatoms. The molecule has 3 heterocycles. The first-order chi connectivity index (χ1) is 17.9. The third-order valence-corrected chi connectivity index (χ3v) is 6.88. The fourth-order valence-corrected chi connectivity index (χ4v) is 4.94. The van der Waals surface area contributed by atoms with Crippen LogP contribution in [0.1, 0.15) is 84.5 Å². The smallest absolute Gasteiger partial charge is 0.270 e. The lowest BCUT2D eigenvalue weighted by Gasteiger charge is -2.24. The molecule has 0 bridgehead atoms. The number of hydrogen-bond donors (Lipinski definition) is 1. The van der Waals surface area contributed by atoms with E-state index in [0.29, 0.717) is 49.4 Å². The van der Waals surface area contributed by atoms with Crippen molar-refractivity contribution in [3.05, 3.63) is 87.0 Å². The van der Waals surface area contributed by atoms with Crippen LogP contribution in [-0.2, 0) is 6.42 Å². The quantitative estimate of drug-likeness (QED) is 0.490. The van der Waals surface area contributed by atoms with Crippen molar-refractivity contribution in [2.75, 3.05) is 13.1 Å². The number of aromatic hydroxyl groups is 1. The van der Waals surface area contributed by atoms with E-state index in [4.69, 9.17) is 0 Å². The molecule has 1 fully saturated rings. The first-order valence-electron chi connectivity index (χ1n) is 12.6. The van der Waals surface area contributed by atoms with Crippen LogP contribution >= 0.6 is 0 Å². The molecular formula is C28H30FN5O3. The average Bonchev–Trinajstić information content (AvgIpc) is 3.40. The summed E-state index contributed by atoms with van der Waals surface area (Å²) in [7, 11) is 0. The minimum Gasteiger partial charge on any atom is -0.493 e. The summed E-state index contributed by atoms with van der Waals surface area (Å²) in [6, 6.07) is 11.7. The second-order valence-electron chi connectivity index (χ2n) is 9.30. The maximum atomic E-state index is 13.9. The minimum atomic E-state index is -0.596. The van der Waals surface area contributed by atoms with Gasteiger partial charge in [-0.2, -0.15) is 10.2 Å². The van der Waals surface area contributed by atoms with Crippen LogP contribution in [0.4, 0.5) is 4.39 Å². The van der Waals surface area contributed by atoms with Crippen molar-refractivity contribution >= 4 is 5.91 Å². The number of carbonyl (C=O) groups is 1. The molecule has 0 spiro atoms. The number of carbonyl (C=O) groups excluding carboxylic acids is 1. The van der Waals surface area contributed by atoms with Crippen molar-refractivity contribution in [3.8, 4) is 11.9 Å². The zero-order chi connectivity index (χ0) is 26.5. The second kappa shape index (κ2) is 11.3. The predicted octanol–water partition coefficient (Wildman–Crippen LogP) is 4.33. The van der Waals surface area contributed by atoms with Crippen molar-refractivity contribution in [2.24, 2.45) is 0 Å². The van der Waals surface area contributed by atoms with Crippen LogP contribution in [0.3, 0.4) is 0 Å². The van der Waals surface area contributed by atoms with Gasteiger partial charge in [-0.05, 0) is 49.1 Å². The number of unbranched alkanes of at least 4 members (excludes halogenated alkanes) is 1. The summed E-state index contributed by atoms with van der Waals surface area (Å²) in [5.74, 6) is -1.27. The number of benzene rings is 1. The van der Waals surface area contributed by atoms with Gasteiger partial charge in [-0.1, -0.05) is 32.4 Å². The van der Waals surface area contributed by atoms with Crippen molar-refractivity contribution in [1.29, 1.82) is 5.26 Å². The van der Waals surface area contributed by atoms with E-state index >= 15 is 0 Å². The average molecular weight is 504 g/mol. The second-order valence-corrected chi connectivity index (χ2v) is 9.30. The molecule has 1 saturated heterocycles. The number of aryl methyl sites for hydroxylation is 1. The Morgan fingerprint density at radius 1 is 1.30 bits per heavy atom. The molecule has 2 aromatic heterocycles. The van der Waals surface area contributed by atoms with Gasteiger partial charge >= 0.3 is 0 Å². The van der Waals surface area contributed by atoms with Crippen LogP contribution in [-0.4, -0.2) is 43.5 Å². The van der Waals surface area contributed by atoms with E-state index in [1.807, 2.05) is 19.9 Å². The van der Waals surface area contributed by atoms with Crippen molar-refractivity contribution in [1.82, 2.24) is 19.4 Å². The van der Waals surface area contributed by atoms with E-state index in [2.05, 4.69) is 16.0 Å². The molecule has 4 rings (SSSR count). The van der Waals surface area contributed by atoms with Gasteiger partial charge in [-0.25, -0.2) is 4.39 Å². The molecule has 0 radical (unpaired) electrons. The standard InChI is InChI=1S/C28H30FN5O3/c1-3-5-9-24-32-26(35)25(27(36)33-13-12-20(17-33)22-11-10-21(29)16-31-22)28(37)34(24)23(4-2)19-8-6-7-18(14-19)15-30/h6-8,10-11,14,16,20,23,35H,3-5,9,12-13,17H2,1-2H3. The van der Waals surface area contributed by atoms with Gasteiger partial charge in [0, 0.05) is 31.1 Å². The maximum absolute atomic E-state index is 13.9. The fourth-order valence-electron chi connectivity index (χ4n) is 4.94. The zero-order valence-electron chi connectivity index (χ0n) is 21.0. The normalized spacial score (nSPS) is 15.9. The Morgan fingerprint density at radius 3 is 2.78 bits per heavy atom. The van der Waals surface area contributed by atoms with Gasteiger partial charge in [0.05, 0.1) is 23.9 Å². The van der Waals surface area contributed by atoms with Crippen LogP contribution in [0, 0.1) is 17.1 Å². The zero-order valence-corrected chi connectivity index (χ0v) is 21.0. The van der Waals surface area contributed by atoms with Gasteiger partial charge in [0.25, 0.3) is 11.5 Å². The number of halogens is 1. The number of hydrogen-bond acceptors (Lipinski definition) is 6. The van der Waals surface area contributed by atoms with Gasteiger partial charge in [-0.15, -0.1) is 0 Å². The Balaban J connectivity index is 1.73. The van der Waals surface area contributed by atoms with Gasteiger partial charge in [0.15, 0.2) is 5.56 Å². The third kappa shape index (κ3) is 5.38. The molecule has 3 aromatic rings. The highest BCUT2D eigenvalue weighted by Gasteiger charge is 2.34. The number of aromatic nitrogens is 3. The van der Waals surface area contributed by atoms with Crippen LogP contribution in [0.25, 0.3) is 0 Å². The summed E-state index contributed by atoms with van der Waals surface area (Å²) in [4.78, 5) is 37.4. The molecule has 1 aliphatic rings. The van der Waals surface area contributed by atoms with E-state index in [-0.39, 0.29) is 11.5 Å². The Labute approximate surface area is 215 Å². The Morgan fingerprint density at radius 2 is 2.11 bits per heavy atom. The highest BCUT2D eigenvalue weighted by atomic mass is 19.1. The first kappa shape index (κ1) is 26.0. The first-order valence-corrected chi connectivity index (χ1v) is 12.6. The Bertz CT molecular complexity index is 1380. The minimum absolute atomic E-state index is 0.0946. The number of amides is 1. The van der Waals surface area contributed by atoms with Gasteiger partial charge in [0.1, 0.15) is 11.6 Å². The van der Waals surface area contributed by atoms with E-state index < -0.39 is 29.2 Å².